The van der Waals surface area contributed by atoms with E-state index in [0.717, 1.165) is 55.1 Å². The Balaban J connectivity index is 1.26. The second-order valence-corrected chi connectivity index (χ2v) is 12.5. The number of para-hydroxylation sites is 2. The highest BCUT2D eigenvalue weighted by Gasteiger charge is 2.18. The molecule has 0 saturated carbocycles. The monoisotopic (exact) mass is 574 g/mol. The summed E-state index contributed by atoms with van der Waals surface area (Å²) < 4.78 is 10.0. The molecule has 0 aliphatic carbocycles. The van der Waals surface area contributed by atoms with E-state index in [9.17, 15) is 0 Å². The summed E-state index contributed by atoms with van der Waals surface area (Å²) in [5.74, 6) is 0. The molecule has 0 N–H and O–H groups in total. The number of fused-ring (bicyclic) bond motifs is 8. The van der Waals surface area contributed by atoms with Crippen molar-refractivity contribution in [1.82, 2.24) is 4.98 Å². The summed E-state index contributed by atoms with van der Waals surface area (Å²) in [6, 6.07) is 47.0. The average Bonchev–Trinajstić information content (AvgIpc) is 3.75. The summed E-state index contributed by atoms with van der Waals surface area (Å²) in [5, 5.41) is 5.78. The number of anilines is 3. The molecule has 3 heterocycles. The van der Waals surface area contributed by atoms with Crippen LogP contribution in [-0.4, -0.2) is 4.98 Å². The van der Waals surface area contributed by atoms with Gasteiger partial charge in [0.1, 0.15) is 16.2 Å². The Morgan fingerprint density at radius 2 is 1.19 bits per heavy atom. The first-order chi connectivity index (χ1) is 20.8. The molecule has 0 aliphatic heterocycles. The Morgan fingerprint density at radius 1 is 0.500 bits per heavy atom. The van der Waals surface area contributed by atoms with Gasteiger partial charge in [-0.3, -0.25) is 0 Å². The van der Waals surface area contributed by atoms with Gasteiger partial charge in [0.2, 0.25) is 0 Å². The highest BCUT2D eigenvalue weighted by Crippen LogP contribution is 2.45. The molecule has 3 aromatic heterocycles. The quantitative estimate of drug-likeness (QED) is 0.209. The first-order valence-electron chi connectivity index (χ1n) is 13.9. The molecule has 0 radical (unpaired) electrons. The fraction of sp³-hybridized carbons (Fsp3) is 0. The predicted molar refractivity (Wildman–Crippen MR) is 180 cm³/mol. The number of aromatic nitrogens is 1. The van der Waals surface area contributed by atoms with Crippen LogP contribution >= 0.6 is 22.7 Å². The Kier molecular flexibility index (Phi) is 5.24. The number of thiazole rings is 1. The maximum atomic E-state index is 6.29. The highest BCUT2D eigenvalue weighted by molar-refractivity contribution is 7.26. The third kappa shape index (κ3) is 3.68. The van der Waals surface area contributed by atoms with Crippen molar-refractivity contribution in [3.63, 3.8) is 0 Å². The van der Waals surface area contributed by atoms with E-state index in [4.69, 9.17) is 9.40 Å². The van der Waals surface area contributed by atoms with Gasteiger partial charge >= 0.3 is 0 Å². The van der Waals surface area contributed by atoms with Crippen LogP contribution in [0.2, 0.25) is 0 Å². The average molecular weight is 575 g/mol. The fourth-order valence-electron chi connectivity index (χ4n) is 5.96. The molecule has 0 aliphatic rings. The Hall–Kier alpha value is -4.97. The maximum Gasteiger partial charge on any atom is 0.137 e. The number of nitrogens with zero attached hydrogens (tertiary/aromatic N) is 2. The van der Waals surface area contributed by atoms with Gasteiger partial charge in [-0.1, -0.05) is 66.7 Å². The van der Waals surface area contributed by atoms with Crippen molar-refractivity contribution in [2.45, 2.75) is 0 Å². The van der Waals surface area contributed by atoms with E-state index >= 15 is 0 Å². The summed E-state index contributed by atoms with van der Waals surface area (Å²) >= 11 is 3.59. The van der Waals surface area contributed by atoms with E-state index in [1.165, 1.54) is 24.9 Å². The topological polar surface area (TPSA) is 29.3 Å². The Labute approximate surface area is 249 Å². The van der Waals surface area contributed by atoms with Crippen molar-refractivity contribution < 1.29 is 4.42 Å². The van der Waals surface area contributed by atoms with Crippen LogP contribution in [0.5, 0.6) is 0 Å². The standard InChI is InChI=1S/C37H22N2OS2/c1-3-9-23(10-4-1)37-38-36-34(42-37)20-19-33-35(36)29-21-25(16-18-32(29)41-33)39(24-11-5-2-6-12-24)26-15-17-28-27-13-7-8-14-30(27)40-31(28)22-26/h1-22H. The van der Waals surface area contributed by atoms with Gasteiger partial charge in [-0.15, -0.1) is 22.7 Å². The summed E-state index contributed by atoms with van der Waals surface area (Å²) in [6.07, 6.45) is 0. The molecule has 9 rings (SSSR count). The molecule has 5 heteroatoms. The summed E-state index contributed by atoms with van der Waals surface area (Å²) in [4.78, 5) is 7.49. The van der Waals surface area contributed by atoms with Crippen molar-refractivity contribution in [3.05, 3.63) is 133 Å². The molecule has 198 valence electrons. The van der Waals surface area contributed by atoms with Crippen LogP contribution in [0.3, 0.4) is 0 Å². The SMILES string of the molecule is c1ccc(-c2nc3c(ccc4sc5ccc(N(c6ccccc6)c6ccc7c(c6)oc6ccccc67)cc5c43)s2)cc1. The van der Waals surface area contributed by atoms with Crippen LogP contribution in [0.15, 0.2) is 138 Å². The van der Waals surface area contributed by atoms with E-state index < -0.39 is 0 Å². The number of furan rings is 1. The van der Waals surface area contributed by atoms with Crippen molar-refractivity contribution in [2.75, 3.05) is 4.90 Å². The lowest BCUT2D eigenvalue weighted by Gasteiger charge is -2.25. The van der Waals surface area contributed by atoms with Gasteiger partial charge in [-0.25, -0.2) is 4.98 Å². The van der Waals surface area contributed by atoms with Crippen LogP contribution in [0.25, 0.3) is 62.9 Å². The Morgan fingerprint density at radius 3 is 2.07 bits per heavy atom. The molecule has 42 heavy (non-hydrogen) atoms. The van der Waals surface area contributed by atoms with Gasteiger partial charge in [0.25, 0.3) is 0 Å². The summed E-state index contributed by atoms with van der Waals surface area (Å²) in [7, 11) is 0. The number of thiophene rings is 1. The van der Waals surface area contributed by atoms with Crippen LogP contribution in [-0.2, 0) is 0 Å². The fourth-order valence-corrected chi connectivity index (χ4v) is 8.03. The largest absolute Gasteiger partial charge is 0.456 e. The van der Waals surface area contributed by atoms with Crippen LogP contribution < -0.4 is 4.90 Å². The molecule has 0 amide bonds. The minimum atomic E-state index is 0.884. The van der Waals surface area contributed by atoms with Gasteiger partial charge in [0.15, 0.2) is 0 Å². The molecule has 0 fully saturated rings. The number of hydrogen-bond acceptors (Lipinski definition) is 5. The molecular weight excluding hydrogens is 553 g/mol. The predicted octanol–water partition coefficient (Wildman–Crippen LogP) is 11.7. The molecule has 0 spiro atoms. The second-order valence-electron chi connectivity index (χ2n) is 10.4. The molecule has 6 aromatic carbocycles. The zero-order valence-electron chi connectivity index (χ0n) is 22.3. The Bertz CT molecular complexity index is 2420. The van der Waals surface area contributed by atoms with Crippen LogP contribution in [0.4, 0.5) is 17.1 Å². The minimum absolute atomic E-state index is 0.884. The van der Waals surface area contributed by atoms with Gasteiger partial charge in [0.05, 0.1) is 10.2 Å². The lowest BCUT2D eigenvalue weighted by atomic mass is 10.1. The number of benzene rings is 6. The van der Waals surface area contributed by atoms with E-state index in [0.29, 0.717) is 0 Å². The molecular formula is C37H22N2OS2. The zero-order chi connectivity index (χ0) is 27.6. The molecule has 0 bridgehead atoms. The van der Waals surface area contributed by atoms with E-state index in [2.05, 4.69) is 120 Å². The van der Waals surface area contributed by atoms with E-state index in [1.807, 2.05) is 29.5 Å². The third-order valence-corrected chi connectivity index (χ3v) is 10.1. The lowest BCUT2D eigenvalue weighted by Crippen LogP contribution is -2.09. The first kappa shape index (κ1) is 23.7. The van der Waals surface area contributed by atoms with Crippen molar-refractivity contribution in [2.24, 2.45) is 0 Å². The smallest absolute Gasteiger partial charge is 0.137 e. The van der Waals surface area contributed by atoms with Crippen molar-refractivity contribution >= 4 is 92.1 Å². The zero-order valence-corrected chi connectivity index (χ0v) is 24.0. The van der Waals surface area contributed by atoms with Crippen molar-refractivity contribution in [1.29, 1.82) is 0 Å². The van der Waals surface area contributed by atoms with Gasteiger partial charge in [0, 0.05) is 59.6 Å². The summed E-state index contributed by atoms with van der Waals surface area (Å²) in [5.41, 5.74) is 7.27. The van der Waals surface area contributed by atoms with Gasteiger partial charge < -0.3 is 9.32 Å². The van der Waals surface area contributed by atoms with E-state index in [-0.39, 0.29) is 0 Å². The molecule has 3 nitrogen and oxygen atoms in total. The van der Waals surface area contributed by atoms with Crippen LogP contribution in [0, 0.1) is 0 Å². The molecule has 0 saturated heterocycles. The summed E-state index contributed by atoms with van der Waals surface area (Å²) in [6.45, 7) is 0. The highest BCUT2D eigenvalue weighted by atomic mass is 32.1. The number of rotatable bonds is 4. The minimum Gasteiger partial charge on any atom is -0.456 e. The van der Waals surface area contributed by atoms with Crippen LogP contribution in [0.1, 0.15) is 0 Å². The molecule has 0 unspecified atom stereocenters. The van der Waals surface area contributed by atoms with E-state index in [1.54, 1.807) is 11.3 Å². The van der Waals surface area contributed by atoms with Crippen molar-refractivity contribution in [3.8, 4) is 10.6 Å². The van der Waals surface area contributed by atoms with Gasteiger partial charge in [-0.2, -0.15) is 0 Å². The normalized spacial score (nSPS) is 11.8. The third-order valence-electron chi connectivity index (χ3n) is 7.89. The molecule has 9 aromatic rings. The first-order valence-corrected chi connectivity index (χ1v) is 15.5. The number of hydrogen-bond donors (Lipinski definition) is 0. The van der Waals surface area contributed by atoms with Gasteiger partial charge in [-0.05, 0) is 60.7 Å². The second kappa shape index (κ2) is 9.28. The maximum absolute atomic E-state index is 6.29. The lowest BCUT2D eigenvalue weighted by molar-refractivity contribution is 0.669. The molecule has 0 atom stereocenters.